The second-order valence-electron chi connectivity index (χ2n) is 13.6. The van der Waals surface area contributed by atoms with Crippen molar-refractivity contribution in [2.24, 2.45) is 0 Å². The first-order chi connectivity index (χ1) is 24.7. The molecule has 0 fully saturated rings. The Morgan fingerprint density at radius 1 is 0.558 bits per heavy atom. The molecule has 0 spiro atoms. The van der Waals surface area contributed by atoms with Gasteiger partial charge in [-0.2, -0.15) is 0 Å². The maximum Gasteiger partial charge on any atom is 0.241 e. The molecule has 0 N–H and O–H groups in total. The Kier molecular flexibility index (Phi) is 9.72. The average molecular weight is 853 g/mol. The van der Waals surface area contributed by atoms with Crippen LogP contribution in [0.2, 0.25) is 0 Å². The summed E-state index contributed by atoms with van der Waals surface area (Å²) in [5, 5.41) is 0. The molecule has 5 aromatic carbocycles. The average Bonchev–Trinajstić information content (AvgIpc) is 3.13. The summed E-state index contributed by atoms with van der Waals surface area (Å²) in [5.74, 6) is 3.38. The van der Waals surface area contributed by atoms with E-state index in [0.717, 1.165) is 67.5 Å². The smallest absolute Gasteiger partial charge is 0.241 e. The Hall–Kier alpha value is -5.29. The van der Waals surface area contributed by atoms with Gasteiger partial charge in [-0.3, -0.25) is 0 Å². The second kappa shape index (κ2) is 14.4. The van der Waals surface area contributed by atoms with E-state index >= 15 is 0 Å². The monoisotopic (exact) mass is 853 g/mol. The molecule has 2 aliphatic heterocycles. The van der Waals surface area contributed by atoms with E-state index in [2.05, 4.69) is 119 Å². The quantitative estimate of drug-likeness (QED) is 0.131. The minimum Gasteiger partial charge on any atom is -0.503 e. The number of nitrogens with zero attached hydrogens (tertiary/aromatic N) is 2. The largest absolute Gasteiger partial charge is 0.503 e. The molecule has 52 heavy (non-hydrogen) atoms. The fourth-order valence-corrected chi connectivity index (χ4v) is 7.06. The second-order valence-corrected chi connectivity index (χ2v) is 13.6. The molecule has 6 heteroatoms. The fourth-order valence-electron chi connectivity index (χ4n) is 7.06. The molecule has 0 aliphatic carbocycles. The van der Waals surface area contributed by atoms with Crippen molar-refractivity contribution in [2.45, 2.75) is 41.5 Å². The first kappa shape index (κ1) is 35.1. The fraction of sp³-hybridized carbons (Fsp3) is 0.130. The van der Waals surface area contributed by atoms with Crippen LogP contribution in [0, 0.1) is 53.7 Å². The first-order valence-electron chi connectivity index (χ1n) is 17.3. The van der Waals surface area contributed by atoms with Crippen LogP contribution in [0.3, 0.4) is 0 Å². The van der Waals surface area contributed by atoms with Crippen LogP contribution in [0.4, 0.5) is 0 Å². The number of para-hydroxylation sites is 1. The number of aryl methyl sites for hydroxylation is 6. The molecule has 2 aliphatic rings. The van der Waals surface area contributed by atoms with Gasteiger partial charge in [0.15, 0.2) is 0 Å². The van der Waals surface area contributed by atoms with Crippen molar-refractivity contribution in [3.8, 4) is 56.6 Å². The maximum absolute atomic E-state index is 6.56. The topological polar surface area (TPSA) is 44.2 Å². The van der Waals surface area contributed by atoms with Gasteiger partial charge in [0.2, 0.25) is 6.71 Å². The van der Waals surface area contributed by atoms with Crippen molar-refractivity contribution in [2.75, 3.05) is 0 Å². The van der Waals surface area contributed by atoms with E-state index in [9.17, 15) is 0 Å². The Labute approximate surface area is 320 Å². The van der Waals surface area contributed by atoms with Gasteiger partial charge >= 0.3 is 0 Å². The van der Waals surface area contributed by atoms with Crippen LogP contribution < -0.4 is 25.9 Å². The van der Waals surface area contributed by atoms with Crippen LogP contribution in [0.5, 0.6) is 23.0 Å². The molecular weight excluding hydrogens is 816 g/mol. The van der Waals surface area contributed by atoms with Crippen molar-refractivity contribution in [3.63, 3.8) is 0 Å². The zero-order valence-corrected chi connectivity index (χ0v) is 32.5. The molecule has 257 valence electrons. The molecule has 4 heterocycles. The van der Waals surface area contributed by atoms with Gasteiger partial charge in [-0.05, 0) is 91.9 Å². The SMILES string of the molecule is Cc1c[c-]c(-c2cc(C)c(C)cn2)cc1.Cc1ccc(-c2cnc(-c3[c-]ccc4c3Oc3cccc5c3B4c3ccccc3O5)cc2C)c(C)c1.[Ir]. The minimum absolute atomic E-state index is 0. The van der Waals surface area contributed by atoms with Crippen molar-refractivity contribution in [1.82, 2.24) is 9.97 Å². The summed E-state index contributed by atoms with van der Waals surface area (Å²) in [6.07, 6.45) is 3.90. The van der Waals surface area contributed by atoms with Gasteiger partial charge in [-0.25, -0.2) is 0 Å². The molecule has 0 saturated carbocycles. The van der Waals surface area contributed by atoms with Crippen molar-refractivity contribution in [1.29, 1.82) is 0 Å². The van der Waals surface area contributed by atoms with E-state index in [1.807, 2.05) is 54.9 Å². The van der Waals surface area contributed by atoms with Gasteiger partial charge in [0.25, 0.3) is 0 Å². The van der Waals surface area contributed by atoms with Crippen LogP contribution in [0.1, 0.15) is 33.4 Å². The number of benzene rings is 5. The summed E-state index contributed by atoms with van der Waals surface area (Å²) < 4.78 is 12.8. The van der Waals surface area contributed by atoms with E-state index in [1.54, 1.807) is 0 Å². The third kappa shape index (κ3) is 6.49. The maximum atomic E-state index is 6.56. The summed E-state index contributed by atoms with van der Waals surface area (Å²) in [6.45, 7) is 12.7. The molecule has 4 nitrogen and oxygen atoms in total. The predicted octanol–water partition coefficient (Wildman–Crippen LogP) is 9.34. The number of aromatic nitrogens is 2. The van der Waals surface area contributed by atoms with Crippen LogP contribution in [-0.2, 0) is 20.1 Å². The Bertz CT molecular complexity index is 2460. The Morgan fingerprint density at radius 3 is 2.02 bits per heavy atom. The van der Waals surface area contributed by atoms with Gasteiger partial charge in [0, 0.05) is 49.3 Å². The molecular formula is C46H37BIrN2O2-2. The minimum atomic E-state index is 0. The molecule has 0 amide bonds. The number of fused-ring (bicyclic) bond motifs is 4. The number of rotatable bonds is 3. The normalized spacial score (nSPS) is 11.8. The van der Waals surface area contributed by atoms with E-state index in [4.69, 9.17) is 14.5 Å². The molecule has 1 radical (unpaired) electrons. The zero-order chi connectivity index (χ0) is 35.2. The summed E-state index contributed by atoms with van der Waals surface area (Å²) >= 11 is 0. The van der Waals surface area contributed by atoms with Gasteiger partial charge in [-0.15, -0.1) is 59.1 Å². The summed E-state index contributed by atoms with van der Waals surface area (Å²) in [6, 6.07) is 42.0. The number of pyridine rings is 2. The molecule has 0 unspecified atom stereocenters. The van der Waals surface area contributed by atoms with Gasteiger partial charge in [-0.1, -0.05) is 78.2 Å². The van der Waals surface area contributed by atoms with Crippen LogP contribution >= 0.6 is 0 Å². The van der Waals surface area contributed by atoms with Crippen molar-refractivity contribution >= 4 is 23.1 Å². The molecule has 7 aromatic rings. The molecule has 0 bridgehead atoms. The van der Waals surface area contributed by atoms with Crippen molar-refractivity contribution < 1.29 is 29.6 Å². The molecule has 0 atom stereocenters. The van der Waals surface area contributed by atoms with E-state index in [0.29, 0.717) is 0 Å². The first-order valence-corrected chi connectivity index (χ1v) is 17.3. The summed E-state index contributed by atoms with van der Waals surface area (Å²) in [4.78, 5) is 9.31. The number of hydrogen-bond acceptors (Lipinski definition) is 4. The Morgan fingerprint density at radius 2 is 1.27 bits per heavy atom. The van der Waals surface area contributed by atoms with E-state index in [1.165, 1.54) is 38.9 Å². The van der Waals surface area contributed by atoms with Crippen LogP contribution in [0.15, 0.2) is 116 Å². The Balaban J connectivity index is 0.000000222. The van der Waals surface area contributed by atoms with Crippen LogP contribution in [-0.4, -0.2) is 16.7 Å². The van der Waals surface area contributed by atoms with E-state index < -0.39 is 0 Å². The summed E-state index contributed by atoms with van der Waals surface area (Å²) in [5.41, 5.74) is 16.9. The van der Waals surface area contributed by atoms with Crippen LogP contribution in [0.25, 0.3) is 33.6 Å². The third-order valence-electron chi connectivity index (χ3n) is 9.92. The summed E-state index contributed by atoms with van der Waals surface area (Å²) in [7, 11) is 0. The standard InChI is InChI=1S/C32H23BNO2.C14H14N.Ir/c1-19-14-15-22(20(2)16-19)24-18-34-27(17-21(24)3)23-8-6-10-26-32(23)36-30-13-7-12-29-31(30)33(26)25-9-4-5-11-28(25)35-29;1-10-4-6-13(7-5-10)14-8-11(2)12(3)9-15-14;/h4-7,9-18H,1-3H3;4-6,8-9H,1-3H3;/q2*-1;. The molecule has 0 saturated heterocycles. The number of ether oxygens (including phenoxy) is 2. The zero-order valence-electron chi connectivity index (χ0n) is 30.1. The number of hydrogen-bond donors (Lipinski definition) is 0. The van der Waals surface area contributed by atoms with Gasteiger partial charge < -0.3 is 19.4 Å². The molecule has 2 aromatic heterocycles. The van der Waals surface area contributed by atoms with Gasteiger partial charge in [0.05, 0.1) is 0 Å². The van der Waals surface area contributed by atoms with Crippen molar-refractivity contribution in [3.05, 3.63) is 161 Å². The van der Waals surface area contributed by atoms with Gasteiger partial charge in [0.1, 0.15) is 17.2 Å². The van der Waals surface area contributed by atoms with E-state index in [-0.39, 0.29) is 26.8 Å². The molecule has 9 rings (SSSR count). The predicted molar refractivity (Wildman–Crippen MR) is 209 cm³/mol. The third-order valence-corrected chi connectivity index (χ3v) is 9.92.